The van der Waals surface area contributed by atoms with Crippen molar-refractivity contribution in [1.29, 1.82) is 0 Å². The lowest BCUT2D eigenvalue weighted by Crippen LogP contribution is -2.44. The average molecular weight is 290 g/mol. The molecule has 2 fully saturated rings. The third kappa shape index (κ3) is 3.73. The summed E-state index contributed by atoms with van der Waals surface area (Å²) in [5, 5.41) is 9.67. The summed E-state index contributed by atoms with van der Waals surface area (Å²) in [4.78, 5) is 11.8. The Morgan fingerprint density at radius 2 is 1.86 bits per heavy atom. The molecule has 0 aromatic carbocycles. The number of hydrogen-bond donors (Lipinski definition) is 1. The van der Waals surface area contributed by atoms with E-state index < -0.39 is 0 Å². The van der Waals surface area contributed by atoms with Crippen LogP contribution in [0.4, 0.5) is 5.82 Å². The molecule has 0 aliphatic carbocycles. The predicted octanol–water partition coefficient (Wildman–Crippen LogP) is 0.790. The highest BCUT2D eigenvalue weighted by Crippen LogP contribution is 2.23. The summed E-state index contributed by atoms with van der Waals surface area (Å²) in [5.41, 5.74) is 1.32. The lowest BCUT2D eigenvalue weighted by atomic mass is 10.1. The number of hydrogen-bond acceptors (Lipinski definition) is 5. The van der Waals surface area contributed by atoms with E-state index in [0.717, 1.165) is 64.5 Å². The zero-order valence-electron chi connectivity index (χ0n) is 12.9. The quantitative estimate of drug-likeness (QED) is 0.891. The predicted molar refractivity (Wildman–Crippen MR) is 84.5 cm³/mol. The lowest BCUT2D eigenvalue weighted by Gasteiger charge is -2.35. The van der Waals surface area contributed by atoms with Gasteiger partial charge >= 0.3 is 0 Å². The van der Waals surface area contributed by atoms with Gasteiger partial charge in [0.15, 0.2) is 0 Å². The molecule has 0 atom stereocenters. The van der Waals surface area contributed by atoms with Gasteiger partial charge in [-0.1, -0.05) is 6.07 Å². The van der Waals surface area contributed by atoms with E-state index >= 15 is 0 Å². The Bertz CT molecular complexity index is 451. The Morgan fingerprint density at radius 1 is 1.14 bits per heavy atom. The molecule has 5 heteroatoms. The van der Waals surface area contributed by atoms with Crippen molar-refractivity contribution in [2.75, 3.05) is 51.2 Å². The molecular weight excluding hydrogens is 264 g/mol. The van der Waals surface area contributed by atoms with Gasteiger partial charge in [-0.05, 0) is 26.0 Å². The van der Waals surface area contributed by atoms with Crippen molar-refractivity contribution in [3.8, 4) is 0 Å². The van der Waals surface area contributed by atoms with Crippen molar-refractivity contribution in [2.24, 2.45) is 0 Å². The van der Waals surface area contributed by atoms with E-state index in [1.54, 1.807) is 0 Å². The van der Waals surface area contributed by atoms with Gasteiger partial charge in [0, 0.05) is 57.6 Å². The van der Waals surface area contributed by atoms with Crippen LogP contribution in [0.2, 0.25) is 0 Å². The van der Waals surface area contributed by atoms with Crippen molar-refractivity contribution < 1.29 is 5.11 Å². The maximum absolute atomic E-state index is 9.67. The summed E-state index contributed by atoms with van der Waals surface area (Å²) < 4.78 is 0. The van der Waals surface area contributed by atoms with E-state index in [-0.39, 0.29) is 6.10 Å². The largest absolute Gasteiger partial charge is 0.393 e. The minimum absolute atomic E-state index is 0.133. The van der Waals surface area contributed by atoms with Crippen molar-refractivity contribution in [1.82, 2.24) is 14.8 Å². The number of aliphatic hydroxyl groups excluding tert-OH is 1. The summed E-state index contributed by atoms with van der Waals surface area (Å²) in [5.74, 6) is 1.11. The van der Waals surface area contributed by atoms with Crippen molar-refractivity contribution in [2.45, 2.75) is 25.5 Å². The summed E-state index contributed by atoms with van der Waals surface area (Å²) in [7, 11) is 2.19. The van der Waals surface area contributed by atoms with Gasteiger partial charge in [0.05, 0.1) is 6.10 Å². The fourth-order valence-corrected chi connectivity index (χ4v) is 3.16. The second kappa shape index (κ2) is 6.73. The third-order valence-corrected chi connectivity index (χ3v) is 4.62. The summed E-state index contributed by atoms with van der Waals surface area (Å²) in [6.45, 7) is 7.35. The van der Waals surface area contributed by atoms with Crippen molar-refractivity contribution >= 4 is 5.82 Å². The molecule has 0 saturated carbocycles. The van der Waals surface area contributed by atoms with E-state index in [4.69, 9.17) is 0 Å². The molecule has 1 N–H and O–H groups in total. The molecule has 2 aliphatic heterocycles. The first kappa shape index (κ1) is 14.8. The highest BCUT2D eigenvalue weighted by atomic mass is 16.3. The van der Waals surface area contributed by atoms with Crippen LogP contribution in [0.1, 0.15) is 18.4 Å². The Balaban J connectivity index is 1.67. The Hall–Kier alpha value is -1.17. The normalized spacial score (nSPS) is 22.7. The minimum atomic E-state index is -0.133. The zero-order chi connectivity index (χ0) is 14.7. The summed E-state index contributed by atoms with van der Waals surface area (Å²) in [6.07, 6.45) is 3.45. The van der Waals surface area contributed by atoms with Gasteiger partial charge in [0.25, 0.3) is 0 Å². The number of aliphatic hydroxyl groups is 1. The van der Waals surface area contributed by atoms with Crippen LogP contribution in [0.25, 0.3) is 0 Å². The highest BCUT2D eigenvalue weighted by molar-refractivity contribution is 5.47. The monoisotopic (exact) mass is 290 g/mol. The van der Waals surface area contributed by atoms with Gasteiger partial charge in [0.1, 0.15) is 5.82 Å². The Labute approximate surface area is 127 Å². The van der Waals surface area contributed by atoms with Gasteiger partial charge in [-0.2, -0.15) is 0 Å². The number of likely N-dealkylation sites (N-methyl/N-ethyl adjacent to an activating group) is 1. The van der Waals surface area contributed by atoms with Crippen LogP contribution in [0.15, 0.2) is 18.3 Å². The molecule has 0 unspecified atom stereocenters. The second-order valence-corrected chi connectivity index (χ2v) is 6.28. The molecule has 21 heavy (non-hydrogen) atoms. The van der Waals surface area contributed by atoms with E-state index in [1.807, 2.05) is 12.3 Å². The van der Waals surface area contributed by atoms with Crippen LogP contribution in [0, 0.1) is 0 Å². The number of aromatic nitrogens is 1. The number of piperidine rings is 1. The number of nitrogens with zero attached hydrogens (tertiary/aromatic N) is 4. The standard InChI is InChI=1S/C16H26N4O/c1-18-9-11-19(12-10-18)13-14-3-2-6-17-16(14)20-7-4-15(21)5-8-20/h2-3,6,15,21H,4-5,7-13H2,1H3. The van der Waals surface area contributed by atoms with Crippen LogP contribution in [0.5, 0.6) is 0 Å². The first-order chi connectivity index (χ1) is 10.2. The van der Waals surface area contributed by atoms with Crippen molar-refractivity contribution in [3.63, 3.8) is 0 Å². The first-order valence-electron chi connectivity index (χ1n) is 8.00. The summed E-state index contributed by atoms with van der Waals surface area (Å²) >= 11 is 0. The van der Waals surface area contributed by atoms with Gasteiger partial charge in [-0.15, -0.1) is 0 Å². The van der Waals surface area contributed by atoms with Crippen LogP contribution >= 0.6 is 0 Å². The topological polar surface area (TPSA) is 42.8 Å². The van der Waals surface area contributed by atoms with Gasteiger partial charge in [0.2, 0.25) is 0 Å². The zero-order valence-corrected chi connectivity index (χ0v) is 12.9. The van der Waals surface area contributed by atoms with E-state index in [1.165, 1.54) is 5.56 Å². The number of rotatable bonds is 3. The first-order valence-corrected chi connectivity index (χ1v) is 8.00. The molecular formula is C16H26N4O. The smallest absolute Gasteiger partial charge is 0.133 e. The molecule has 2 saturated heterocycles. The molecule has 1 aromatic rings. The van der Waals surface area contributed by atoms with Crippen LogP contribution < -0.4 is 4.90 Å². The average Bonchev–Trinajstić information content (AvgIpc) is 2.51. The van der Waals surface area contributed by atoms with Crippen LogP contribution in [-0.4, -0.2) is 72.3 Å². The molecule has 2 aliphatic rings. The molecule has 1 aromatic heterocycles. The lowest BCUT2D eigenvalue weighted by molar-refractivity contribution is 0.143. The number of anilines is 1. The van der Waals surface area contributed by atoms with Crippen molar-refractivity contribution in [3.05, 3.63) is 23.9 Å². The third-order valence-electron chi connectivity index (χ3n) is 4.62. The molecule has 0 radical (unpaired) electrons. The van der Waals surface area contributed by atoms with Gasteiger partial charge < -0.3 is 14.9 Å². The minimum Gasteiger partial charge on any atom is -0.393 e. The SMILES string of the molecule is CN1CCN(Cc2cccnc2N2CCC(O)CC2)CC1. The van der Waals surface area contributed by atoms with Gasteiger partial charge in [-0.25, -0.2) is 4.98 Å². The Morgan fingerprint density at radius 3 is 2.57 bits per heavy atom. The van der Waals surface area contributed by atoms with Crippen LogP contribution in [-0.2, 0) is 6.54 Å². The maximum Gasteiger partial charge on any atom is 0.133 e. The Kier molecular flexibility index (Phi) is 4.73. The van der Waals surface area contributed by atoms with Crippen LogP contribution in [0.3, 0.4) is 0 Å². The fraction of sp³-hybridized carbons (Fsp3) is 0.688. The molecule has 5 nitrogen and oxygen atoms in total. The molecule has 116 valence electrons. The maximum atomic E-state index is 9.67. The molecule has 0 bridgehead atoms. The highest BCUT2D eigenvalue weighted by Gasteiger charge is 2.21. The van der Waals surface area contributed by atoms with E-state index in [9.17, 15) is 5.11 Å². The number of pyridine rings is 1. The molecule has 0 spiro atoms. The summed E-state index contributed by atoms with van der Waals surface area (Å²) in [6, 6.07) is 4.24. The van der Waals surface area contributed by atoms with E-state index in [2.05, 4.69) is 32.8 Å². The van der Waals surface area contributed by atoms with Gasteiger partial charge in [-0.3, -0.25) is 4.90 Å². The molecule has 3 rings (SSSR count). The molecule has 0 amide bonds. The second-order valence-electron chi connectivity index (χ2n) is 6.28. The fourth-order valence-electron chi connectivity index (χ4n) is 3.16. The van der Waals surface area contributed by atoms with E-state index in [0.29, 0.717) is 0 Å². The number of piperazine rings is 1. The molecule has 3 heterocycles.